The lowest BCUT2D eigenvalue weighted by atomic mass is 9.99. The zero-order valence-electron chi connectivity index (χ0n) is 15.4. The van der Waals surface area contributed by atoms with Gasteiger partial charge in [-0.2, -0.15) is 13.2 Å². The Morgan fingerprint density at radius 3 is 2.45 bits per heavy atom. The average molecular weight is 425 g/mol. The van der Waals surface area contributed by atoms with E-state index in [0.29, 0.717) is 29.7 Å². The molecule has 1 amide bonds. The summed E-state index contributed by atoms with van der Waals surface area (Å²) in [5.41, 5.74) is 0.597. The molecule has 0 aliphatic carbocycles. The van der Waals surface area contributed by atoms with Crippen molar-refractivity contribution < 1.29 is 31.1 Å². The molecule has 2 aromatic rings. The predicted molar refractivity (Wildman–Crippen MR) is 102 cm³/mol. The Morgan fingerprint density at radius 2 is 1.83 bits per heavy atom. The molecule has 29 heavy (non-hydrogen) atoms. The molecule has 0 fully saturated rings. The summed E-state index contributed by atoms with van der Waals surface area (Å²) in [6, 6.07) is 8.90. The molecule has 1 aliphatic heterocycles. The lowest BCUT2D eigenvalue weighted by Crippen LogP contribution is -2.09. The number of anilines is 1. The van der Waals surface area contributed by atoms with Crippen molar-refractivity contribution in [2.45, 2.75) is 23.9 Å². The van der Waals surface area contributed by atoms with E-state index in [9.17, 15) is 26.4 Å². The number of halogens is 3. The number of hydrogen-bond acceptors (Lipinski definition) is 4. The Morgan fingerprint density at radius 1 is 1.14 bits per heavy atom. The fourth-order valence-corrected chi connectivity index (χ4v) is 3.57. The maximum Gasteiger partial charge on any atom is 0.416 e. The highest BCUT2D eigenvalue weighted by molar-refractivity contribution is 7.90. The summed E-state index contributed by atoms with van der Waals surface area (Å²) in [5, 5.41) is 2.62. The van der Waals surface area contributed by atoms with Crippen molar-refractivity contribution in [3.63, 3.8) is 0 Å². The number of carbonyl (C=O) groups excluding carboxylic acids is 1. The van der Waals surface area contributed by atoms with Crippen molar-refractivity contribution >= 4 is 27.0 Å². The van der Waals surface area contributed by atoms with Crippen LogP contribution in [0.3, 0.4) is 0 Å². The number of rotatable bonds is 3. The van der Waals surface area contributed by atoms with Gasteiger partial charge in [0, 0.05) is 23.6 Å². The van der Waals surface area contributed by atoms with Crippen LogP contribution in [0.2, 0.25) is 0 Å². The maximum absolute atomic E-state index is 12.9. The Balaban J connectivity index is 1.84. The molecule has 0 bridgehead atoms. The molecule has 1 aliphatic rings. The first kappa shape index (κ1) is 20.9. The van der Waals surface area contributed by atoms with Gasteiger partial charge in [-0.25, -0.2) is 8.42 Å². The molecule has 0 unspecified atom stereocenters. The van der Waals surface area contributed by atoms with E-state index in [1.54, 1.807) is 0 Å². The van der Waals surface area contributed by atoms with E-state index in [1.165, 1.54) is 36.4 Å². The number of fused-ring (bicyclic) bond motifs is 1. The van der Waals surface area contributed by atoms with Gasteiger partial charge in [-0.3, -0.25) is 4.79 Å². The van der Waals surface area contributed by atoms with Gasteiger partial charge in [0.25, 0.3) is 0 Å². The van der Waals surface area contributed by atoms with Gasteiger partial charge in [-0.1, -0.05) is 6.07 Å². The van der Waals surface area contributed by atoms with Gasteiger partial charge >= 0.3 is 6.18 Å². The van der Waals surface area contributed by atoms with E-state index in [2.05, 4.69) is 5.32 Å². The SMILES string of the molecule is CS(=O)(=O)c1ccc(NC(=O)/C=C2\CCCOc3cc(C(F)(F)F)ccc32)cc1. The highest BCUT2D eigenvalue weighted by Crippen LogP contribution is 2.38. The van der Waals surface area contributed by atoms with Crippen LogP contribution in [0.5, 0.6) is 5.75 Å². The standard InChI is InChI=1S/C20H18F3NO4S/c1-29(26,27)16-7-5-15(6-8-16)24-19(25)11-13-3-2-10-28-18-12-14(20(21,22)23)4-9-17(13)18/h4-9,11-12H,2-3,10H2,1H3,(H,24,25)/b13-11+. The molecular weight excluding hydrogens is 407 g/mol. The largest absolute Gasteiger partial charge is 0.493 e. The molecule has 1 N–H and O–H groups in total. The quantitative estimate of drug-likeness (QED) is 0.744. The van der Waals surface area contributed by atoms with Crippen molar-refractivity contribution in [1.29, 1.82) is 0 Å². The molecule has 9 heteroatoms. The second-order valence-electron chi connectivity index (χ2n) is 6.62. The molecule has 0 radical (unpaired) electrons. The van der Waals surface area contributed by atoms with Crippen molar-refractivity contribution in [2.24, 2.45) is 0 Å². The van der Waals surface area contributed by atoms with Crippen molar-refractivity contribution in [3.05, 3.63) is 59.7 Å². The Kier molecular flexibility index (Phi) is 5.70. The number of benzene rings is 2. The van der Waals surface area contributed by atoms with Gasteiger partial charge in [-0.05, 0) is 54.8 Å². The predicted octanol–water partition coefficient (Wildman–Crippen LogP) is 4.30. The van der Waals surface area contributed by atoms with E-state index in [1.807, 2.05) is 0 Å². The first-order valence-corrected chi connectivity index (χ1v) is 10.6. The number of ether oxygens (including phenoxy) is 1. The van der Waals surface area contributed by atoms with E-state index in [0.717, 1.165) is 18.4 Å². The lowest BCUT2D eigenvalue weighted by molar-refractivity contribution is -0.137. The highest BCUT2D eigenvalue weighted by atomic mass is 32.2. The third-order valence-electron chi connectivity index (χ3n) is 4.36. The van der Waals surface area contributed by atoms with Crippen LogP contribution in [0.4, 0.5) is 18.9 Å². The summed E-state index contributed by atoms with van der Waals surface area (Å²) in [6.45, 7) is 0.250. The summed E-state index contributed by atoms with van der Waals surface area (Å²) in [7, 11) is -3.34. The van der Waals surface area contributed by atoms with E-state index in [4.69, 9.17) is 4.74 Å². The van der Waals surface area contributed by atoms with Crippen molar-refractivity contribution in [2.75, 3.05) is 18.2 Å². The van der Waals surface area contributed by atoms with E-state index < -0.39 is 27.5 Å². The van der Waals surface area contributed by atoms with Crippen LogP contribution >= 0.6 is 0 Å². The first-order chi connectivity index (χ1) is 13.5. The second-order valence-corrected chi connectivity index (χ2v) is 8.63. The van der Waals surface area contributed by atoms with Gasteiger partial charge in [-0.15, -0.1) is 0 Å². The number of allylic oxidation sites excluding steroid dienone is 1. The zero-order chi connectivity index (χ0) is 21.2. The van der Waals surface area contributed by atoms with Gasteiger partial charge < -0.3 is 10.1 Å². The maximum atomic E-state index is 12.9. The summed E-state index contributed by atoms with van der Waals surface area (Å²) in [6.07, 6.45) is -1.05. The molecular formula is C20H18F3NO4S. The van der Waals surface area contributed by atoms with Crippen LogP contribution in [0, 0.1) is 0 Å². The molecule has 5 nitrogen and oxygen atoms in total. The average Bonchev–Trinajstić information content (AvgIpc) is 2.82. The minimum Gasteiger partial charge on any atom is -0.493 e. The van der Waals surface area contributed by atoms with Crippen molar-refractivity contribution in [1.82, 2.24) is 0 Å². The number of nitrogens with one attached hydrogen (secondary N) is 1. The summed E-state index contributed by atoms with van der Waals surface area (Å²) in [4.78, 5) is 12.5. The Labute approximate surface area is 166 Å². The Bertz CT molecular complexity index is 1060. The van der Waals surface area contributed by atoms with Gasteiger partial charge in [0.15, 0.2) is 9.84 Å². The summed E-state index contributed by atoms with van der Waals surface area (Å²) < 4.78 is 67.2. The Hall–Kier alpha value is -2.81. The number of amides is 1. The molecule has 3 rings (SSSR count). The van der Waals surface area contributed by atoms with E-state index in [-0.39, 0.29) is 17.3 Å². The fourth-order valence-electron chi connectivity index (χ4n) is 2.93. The number of sulfone groups is 1. The molecule has 2 aromatic carbocycles. The smallest absolute Gasteiger partial charge is 0.416 e. The minimum atomic E-state index is -4.48. The molecule has 0 saturated heterocycles. The van der Waals surface area contributed by atoms with Crippen LogP contribution in [0.25, 0.3) is 5.57 Å². The van der Waals surface area contributed by atoms with Crippen LogP contribution in [0.15, 0.2) is 53.4 Å². The molecule has 0 atom stereocenters. The second kappa shape index (κ2) is 7.90. The molecule has 0 spiro atoms. The molecule has 1 heterocycles. The lowest BCUT2D eigenvalue weighted by Gasteiger charge is -2.13. The summed E-state index contributed by atoms with van der Waals surface area (Å²) in [5.74, 6) is -0.381. The molecule has 0 saturated carbocycles. The third-order valence-corrected chi connectivity index (χ3v) is 5.49. The monoisotopic (exact) mass is 425 g/mol. The van der Waals surface area contributed by atoms with Crippen molar-refractivity contribution in [3.8, 4) is 5.75 Å². The summed E-state index contributed by atoms with van der Waals surface area (Å²) >= 11 is 0. The van der Waals surface area contributed by atoms with Crippen LogP contribution < -0.4 is 10.1 Å². The zero-order valence-corrected chi connectivity index (χ0v) is 16.2. The number of alkyl halides is 3. The van der Waals surface area contributed by atoms with Crippen LogP contribution in [-0.4, -0.2) is 27.2 Å². The van der Waals surface area contributed by atoms with Gasteiger partial charge in [0.2, 0.25) is 5.91 Å². The molecule has 0 aromatic heterocycles. The number of carbonyl (C=O) groups is 1. The minimum absolute atomic E-state index is 0.0916. The highest BCUT2D eigenvalue weighted by Gasteiger charge is 2.32. The van der Waals surface area contributed by atoms with Gasteiger partial charge in [0.05, 0.1) is 17.1 Å². The van der Waals surface area contributed by atoms with Crippen LogP contribution in [0.1, 0.15) is 24.0 Å². The fraction of sp³-hybridized carbons (Fsp3) is 0.250. The third kappa shape index (κ3) is 5.17. The van der Waals surface area contributed by atoms with E-state index >= 15 is 0 Å². The molecule has 154 valence electrons. The number of hydrogen-bond donors (Lipinski definition) is 1. The van der Waals surface area contributed by atoms with Gasteiger partial charge in [0.1, 0.15) is 5.75 Å². The van der Waals surface area contributed by atoms with Crippen LogP contribution in [-0.2, 0) is 20.8 Å². The first-order valence-electron chi connectivity index (χ1n) is 8.70. The normalized spacial score (nSPS) is 15.9. The topological polar surface area (TPSA) is 72.5 Å².